The summed E-state index contributed by atoms with van der Waals surface area (Å²) in [6.07, 6.45) is 0. The molecular weight excluding hydrogens is 263 g/mol. The first-order valence-corrected chi connectivity index (χ1v) is 7.41. The normalized spacial score (nSPS) is 17.2. The van der Waals surface area contributed by atoms with Crippen LogP contribution in [0.5, 0.6) is 0 Å². The summed E-state index contributed by atoms with van der Waals surface area (Å²) in [5, 5.41) is -0.0597. The predicted molar refractivity (Wildman–Crippen MR) is 65.2 cm³/mol. The Morgan fingerprint density at radius 3 is 2.53 bits per heavy atom. The molecule has 0 saturated carbocycles. The summed E-state index contributed by atoms with van der Waals surface area (Å²) in [5.74, 6) is -1.51. The number of rotatable bonds is 4. The Bertz CT molecular complexity index is 438. The Hall–Kier alpha value is -0.680. The summed E-state index contributed by atoms with van der Waals surface area (Å²) >= 11 is 1.35. The van der Waals surface area contributed by atoms with Gasteiger partial charge in [0.2, 0.25) is 0 Å². The Labute approximate surface area is 104 Å². The average Bonchev–Trinajstić information content (AvgIpc) is 2.77. The first-order chi connectivity index (χ1) is 7.75. The lowest BCUT2D eigenvalue weighted by Gasteiger charge is -2.32. The van der Waals surface area contributed by atoms with Gasteiger partial charge in [-0.05, 0) is 18.4 Å². The quantitative estimate of drug-likeness (QED) is 0.649. The minimum Gasteiger partial charge on any atom is -0.468 e. The number of carbonyl (C=O) groups excluding carboxylic acids is 1. The smallest absolute Gasteiger partial charge is 0.343 e. The van der Waals surface area contributed by atoms with Crippen molar-refractivity contribution >= 4 is 24.9 Å². The molecular formula is C10H15O5PS. The van der Waals surface area contributed by atoms with E-state index in [4.69, 9.17) is 0 Å². The summed E-state index contributed by atoms with van der Waals surface area (Å²) in [6, 6.07) is 3.51. The molecule has 2 N–H and O–H groups in total. The van der Waals surface area contributed by atoms with E-state index in [0.29, 0.717) is 0 Å². The third kappa shape index (κ3) is 2.45. The van der Waals surface area contributed by atoms with Crippen molar-refractivity contribution in [3.05, 3.63) is 22.4 Å². The van der Waals surface area contributed by atoms with Gasteiger partial charge in [0.1, 0.15) is 0 Å². The van der Waals surface area contributed by atoms with Gasteiger partial charge in [0.15, 0.2) is 5.16 Å². The van der Waals surface area contributed by atoms with Crippen molar-refractivity contribution in [3.8, 4) is 0 Å². The van der Waals surface area contributed by atoms with Gasteiger partial charge in [-0.1, -0.05) is 13.0 Å². The number of thiophene rings is 1. The fourth-order valence-electron chi connectivity index (χ4n) is 1.57. The van der Waals surface area contributed by atoms with Crippen molar-refractivity contribution in [2.45, 2.75) is 24.9 Å². The van der Waals surface area contributed by atoms with E-state index in [0.717, 1.165) is 12.0 Å². The summed E-state index contributed by atoms with van der Waals surface area (Å²) in [4.78, 5) is 31.3. The summed E-state index contributed by atoms with van der Waals surface area (Å²) in [7, 11) is -3.50. The van der Waals surface area contributed by atoms with Crippen LogP contribution in [0.2, 0.25) is 0 Å². The standard InChI is InChI=1S/C10H15O5PS/c1-7(8-5-4-6-17-8)10(2,9(11)15-3)16(12,13)14/h4-7H,1-3H3,(H2,12,13,14). The van der Waals surface area contributed by atoms with Crippen molar-refractivity contribution in [3.63, 3.8) is 0 Å². The van der Waals surface area contributed by atoms with Gasteiger partial charge in [0.25, 0.3) is 0 Å². The highest BCUT2D eigenvalue weighted by atomic mass is 32.1. The molecule has 0 aliphatic heterocycles. The van der Waals surface area contributed by atoms with Crippen molar-refractivity contribution in [2.75, 3.05) is 7.11 Å². The summed E-state index contributed by atoms with van der Waals surface area (Å²) in [6.45, 7) is 2.85. The van der Waals surface area contributed by atoms with Crippen molar-refractivity contribution in [1.29, 1.82) is 0 Å². The molecule has 5 nitrogen and oxygen atoms in total. The van der Waals surface area contributed by atoms with Gasteiger partial charge in [-0.25, -0.2) is 0 Å². The summed E-state index contributed by atoms with van der Waals surface area (Å²) in [5.41, 5.74) is 0. The number of hydrogen-bond acceptors (Lipinski definition) is 4. The van der Waals surface area contributed by atoms with E-state index in [1.54, 1.807) is 24.4 Å². The molecule has 0 aliphatic rings. The molecule has 1 heterocycles. The van der Waals surface area contributed by atoms with Crippen molar-refractivity contribution in [1.82, 2.24) is 0 Å². The molecule has 0 amide bonds. The molecule has 17 heavy (non-hydrogen) atoms. The monoisotopic (exact) mass is 278 g/mol. The Balaban J connectivity index is 3.26. The lowest BCUT2D eigenvalue weighted by atomic mass is 9.93. The van der Waals surface area contributed by atoms with Crippen LogP contribution in [0.1, 0.15) is 24.6 Å². The predicted octanol–water partition coefficient (Wildman–Crippen LogP) is 1.96. The van der Waals surface area contributed by atoms with E-state index in [9.17, 15) is 19.1 Å². The van der Waals surface area contributed by atoms with Crippen LogP contribution in [0.15, 0.2) is 17.5 Å². The molecule has 0 aromatic carbocycles. The van der Waals surface area contributed by atoms with Gasteiger partial charge in [0.05, 0.1) is 7.11 Å². The number of methoxy groups -OCH3 is 1. The van der Waals surface area contributed by atoms with E-state index in [2.05, 4.69) is 4.74 Å². The van der Waals surface area contributed by atoms with Crippen LogP contribution in [-0.4, -0.2) is 28.0 Å². The highest BCUT2D eigenvalue weighted by molar-refractivity contribution is 7.54. The fraction of sp³-hybridized carbons (Fsp3) is 0.500. The van der Waals surface area contributed by atoms with E-state index in [-0.39, 0.29) is 0 Å². The molecule has 0 saturated heterocycles. The fourth-order valence-corrected chi connectivity index (χ4v) is 3.54. The molecule has 1 aromatic rings. The second-order valence-electron chi connectivity index (χ2n) is 3.92. The zero-order chi connectivity index (χ0) is 13.3. The zero-order valence-electron chi connectivity index (χ0n) is 9.78. The molecule has 7 heteroatoms. The molecule has 2 atom stereocenters. The van der Waals surface area contributed by atoms with Crippen molar-refractivity contribution < 1.29 is 23.9 Å². The van der Waals surface area contributed by atoms with Crippen LogP contribution in [-0.2, 0) is 14.1 Å². The van der Waals surface area contributed by atoms with Crippen LogP contribution in [0.25, 0.3) is 0 Å². The maximum absolute atomic E-state index is 11.7. The van der Waals surface area contributed by atoms with Crippen molar-refractivity contribution in [2.24, 2.45) is 0 Å². The largest absolute Gasteiger partial charge is 0.468 e. The molecule has 0 radical (unpaired) electrons. The number of hydrogen-bond donors (Lipinski definition) is 2. The highest BCUT2D eigenvalue weighted by Crippen LogP contribution is 2.58. The van der Waals surface area contributed by atoms with Gasteiger partial charge < -0.3 is 14.5 Å². The van der Waals surface area contributed by atoms with Crippen LogP contribution < -0.4 is 0 Å². The molecule has 0 fully saturated rings. The topological polar surface area (TPSA) is 83.8 Å². The Morgan fingerprint density at radius 2 is 2.18 bits per heavy atom. The molecule has 1 aromatic heterocycles. The minimum atomic E-state index is -4.63. The minimum absolute atomic E-state index is 0.615. The SMILES string of the molecule is COC(=O)C(C)(C(C)c1cccs1)P(=O)(O)O. The molecule has 1 rings (SSSR count). The lowest BCUT2D eigenvalue weighted by molar-refractivity contribution is -0.144. The third-order valence-corrected chi connectivity index (χ3v) is 5.85. The van der Waals surface area contributed by atoms with E-state index in [1.165, 1.54) is 18.3 Å². The second-order valence-corrected chi connectivity index (χ2v) is 6.92. The summed E-state index contributed by atoms with van der Waals surface area (Å²) < 4.78 is 16.1. The highest BCUT2D eigenvalue weighted by Gasteiger charge is 2.55. The molecule has 96 valence electrons. The molecule has 0 bridgehead atoms. The van der Waals surface area contributed by atoms with E-state index < -0.39 is 24.6 Å². The average molecular weight is 278 g/mol. The lowest BCUT2D eigenvalue weighted by Crippen LogP contribution is -2.41. The molecule has 0 aliphatic carbocycles. The van der Waals surface area contributed by atoms with Crippen LogP contribution in [0.4, 0.5) is 0 Å². The first kappa shape index (κ1) is 14.4. The van der Waals surface area contributed by atoms with Gasteiger partial charge in [-0.3, -0.25) is 9.36 Å². The Morgan fingerprint density at radius 1 is 1.59 bits per heavy atom. The van der Waals surface area contributed by atoms with Gasteiger partial charge in [0, 0.05) is 10.8 Å². The molecule has 0 spiro atoms. The second kappa shape index (κ2) is 4.90. The first-order valence-electron chi connectivity index (χ1n) is 4.92. The number of carbonyl (C=O) groups is 1. The van der Waals surface area contributed by atoms with Gasteiger partial charge >= 0.3 is 13.6 Å². The van der Waals surface area contributed by atoms with Crippen LogP contribution in [0, 0.1) is 0 Å². The maximum atomic E-state index is 11.7. The zero-order valence-corrected chi connectivity index (χ0v) is 11.5. The van der Waals surface area contributed by atoms with E-state index in [1.807, 2.05) is 0 Å². The Kier molecular flexibility index (Phi) is 4.15. The van der Waals surface area contributed by atoms with Gasteiger partial charge in [-0.15, -0.1) is 11.3 Å². The number of ether oxygens (including phenoxy) is 1. The van der Waals surface area contributed by atoms with Crippen LogP contribution in [0.3, 0.4) is 0 Å². The van der Waals surface area contributed by atoms with E-state index >= 15 is 0 Å². The van der Waals surface area contributed by atoms with Crippen LogP contribution >= 0.6 is 18.9 Å². The third-order valence-electron chi connectivity index (χ3n) is 3.02. The van der Waals surface area contributed by atoms with Gasteiger partial charge in [-0.2, -0.15) is 0 Å². The number of esters is 1. The maximum Gasteiger partial charge on any atom is 0.343 e. The molecule has 2 unspecified atom stereocenters.